The SMILES string of the molecule is N#CCC1CCSCC1. The van der Waals surface area contributed by atoms with Crippen LogP contribution in [0, 0.1) is 17.2 Å². The van der Waals surface area contributed by atoms with E-state index in [-0.39, 0.29) is 0 Å². The molecule has 0 aromatic rings. The molecule has 0 aliphatic carbocycles. The Bertz CT molecular complexity index is 111. The van der Waals surface area contributed by atoms with Gasteiger partial charge in [0.1, 0.15) is 0 Å². The lowest BCUT2D eigenvalue weighted by Gasteiger charge is -2.17. The van der Waals surface area contributed by atoms with Crippen LogP contribution in [-0.2, 0) is 0 Å². The van der Waals surface area contributed by atoms with Crippen molar-refractivity contribution in [2.75, 3.05) is 11.5 Å². The Morgan fingerprint density at radius 3 is 2.67 bits per heavy atom. The summed E-state index contributed by atoms with van der Waals surface area (Å²) in [6, 6.07) is 2.23. The Morgan fingerprint density at radius 2 is 2.11 bits per heavy atom. The first-order valence-electron chi connectivity index (χ1n) is 3.38. The third-order valence-corrected chi connectivity index (χ3v) is 2.77. The van der Waals surface area contributed by atoms with Crippen molar-refractivity contribution >= 4 is 11.8 Å². The molecule has 1 aliphatic heterocycles. The fourth-order valence-corrected chi connectivity index (χ4v) is 2.28. The van der Waals surface area contributed by atoms with Crippen molar-refractivity contribution in [2.24, 2.45) is 5.92 Å². The van der Waals surface area contributed by atoms with Gasteiger partial charge in [-0.3, -0.25) is 0 Å². The minimum atomic E-state index is 0.719. The minimum absolute atomic E-state index is 0.719. The molecule has 0 amide bonds. The highest BCUT2D eigenvalue weighted by Crippen LogP contribution is 2.24. The van der Waals surface area contributed by atoms with Crippen molar-refractivity contribution in [1.29, 1.82) is 5.26 Å². The largest absolute Gasteiger partial charge is 0.198 e. The maximum atomic E-state index is 8.36. The lowest BCUT2D eigenvalue weighted by molar-refractivity contribution is 0.502. The second-order valence-corrected chi connectivity index (χ2v) is 3.64. The predicted molar refractivity (Wildman–Crippen MR) is 40.3 cm³/mol. The zero-order chi connectivity index (χ0) is 6.53. The summed E-state index contributed by atoms with van der Waals surface area (Å²) in [5, 5.41) is 8.36. The second-order valence-electron chi connectivity index (χ2n) is 2.42. The van der Waals surface area contributed by atoms with Gasteiger partial charge in [-0.2, -0.15) is 17.0 Å². The molecule has 0 saturated carbocycles. The van der Waals surface area contributed by atoms with E-state index >= 15 is 0 Å². The van der Waals surface area contributed by atoms with E-state index in [0.717, 1.165) is 12.3 Å². The Kier molecular flexibility index (Phi) is 2.93. The smallest absolute Gasteiger partial charge is 0.0624 e. The van der Waals surface area contributed by atoms with Crippen LogP contribution in [0.4, 0.5) is 0 Å². The summed E-state index contributed by atoms with van der Waals surface area (Å²) in [5.41, 5.74) is 0. The van der Waals surface area contributed by atoms with Gasteiger partial charge in [-0.25, -0.2) is 0 Å². The maximum Gasteiger partial charge on any atom is 0.0624 e. The molecular formula is C7H11NS. The van der Waals surface area contributed by atoms with Crippen molar-refractivity contribution in [2.45, 2.75) is 19.3 Å². The van der Waals surface area contributed by atoms with Gasteiger partial charge in [-0.05, 0) is 30.3 Å². The van der Waals surface area contributed by atoms with Crippen molar-refractivity contribution < 1.29 is 0 Å². The van der Waals surface area contributed by atoms with Crippen LogP contribution >= 0.6 is 11.8 Å². The summed E-state index contributed by atoms with van der Waals surface area (Å²) < 4.78 is 0. The Morgan fingerprint density at radius 1 is 1.44 bits per heavy atom. The van der Waals surface area contributed by atoms with Crippen molar-refractivity contribution in [3.63, 3.8) is 0 Å². The molecule has 0 unspecified atom stereocenters. The van der Waals surface area contributed by atoms with Crippen molar-refractivity contribution in [3.8, 4) is 6.07 Å². The molecule has 1 aliphatic rings. The molecule has 50 valence electrons. The molecule has 0 spiro atoms. The van der Waals surface area contributed by atoms with Crippen LogP contribution in [0.15, 0.2) is 0 Å². The first-order valence-corrected chi connectivity index (χ1v) is 4.53. The third-order valence-electron chi connectivity index (χ3n) is 1.72. The molecule has 0 atom stereocenters. The molecule has 1 fully saturated rings. The number of nitrogens with zero attached hydrogens (tertiary/aromatic N) is 1. The van der Waals surface area contributed by atoms with Crippen LogP contribution in [0.1, 0.15) is 19.3 Å². The van der Waals surface area contributed by atoms with Gasteiger partial charge >= 0.3 is 0 Å². The highest BCUT2D eigenvalue weighted by Gasteiger charge is 2.11. The van der Waals surface area contributed by atoms with Gasteiger partial charge in [-0.1, -0.05) is 0 Å². The molecule has 0 N–H and O–H groups in total. The Labute approximate surface area is 60.4 Å². The van der Waals surface area contributed by atoms with Gasteiger partial charge in [0.25, 0.3) is 0 Å². The van der Waals surface area contributed by atoms with Gasteiger partial charge in [0.15, 0.2) is 0 Å². The lowest BCUT2D eigenvalue weighted by atomic mass is 10.0. The van der Waals surface area contributed by atoms with Gasteiger partial charge in [0, 0.05) is 6.42 Å². The summed E-state index contributed by atoms with van der Waals surface area (Å²) >= 11 is 2.02. The summed E-state index contributed by atoms with van der Waals surface area (Å²) in [7, 11) is 0. The van der Waals surface area contributed by atoms with Crippen LogP contribution in [-0.4, -0.2) is 11.5 Å². The molecule has 1 rings (SSSR count). The average Bonchev–Trinajstić information content (AvgIpc) is 1.91. The highest BCUT2D eigenvalue weighted by molar-refractivity contribution is 7.99. The predicted octanol–water partition coefficient (Wildman–Crippen LogP) is 2.04. The summed E-state index contributed by atoms with van der Waals surface area (Å²) in [5.74, 6) is 3.26. The number of thioether (sulfide) groups is 1. The average molecular weight is 141 g/mol. The van der Waals surface area contributed by atoms with E-state index in [2.05, 4.69) is 6.07 Å². The Balaban J connectivity index is 2.17. The topological polar surface area (TPSA) is 23.8 Å². The molecule has 2 heteroatoms. The van der Waals surface area contributed by atoms with Crippen LogP contribution in [0.5, 0.6) is 0 Å². The van der Waals surface area contributed by atoms with E-state index in [1.807, 2.05) is 11.8 Å². The maximum absolute atomic E-state index is 8.36. The summed E-state index contributed by atoms with van der Waals surface area (Å²) in [6.45, 7) is 0. The monoisotopic (exact) mass is 141 g/mol. The molecule has 0 radical (unpaired) electrons. The molecule has 1 nitrogen and oxygen atoms in total. The molecule has 0 aromatic heterocycles. The van der Waals surface area contributed by atoms with Crippen LogP contribution in [0.2, 0.25) is 0 Å². The highest BCUT2D eigenvalue weighted by atomic mass is 32.2. The lowest BCUT2D eigenvalue weighted by Crippen LogP contribution is -2.08. The fourth-order valence-electron chi connectivity index (χ4n) is 1.08. The number of hydrogen-bond donors (Lipinski definition) is 0. The molecular weight excluding hydrogens is 130 g/mol. The van der Waals surface area contributed by atoms with Gasteiger partial charge in [0.2, 0.25) is 0 Å². The van der Waals surface area contributed by atoms with Gasteiger partial charge in [0.05, 0.1) is 6.07 Å². The van der Waals surface area contributed by atoms with E-state index < -0.39 is 0 Å². The molecule has 0 bridgehead atoms. The van der Waals surface area contributed by atoms with E-state index in [0.29, 0.717) is 0 Å². The van der Waals surface area contributed by atoms with Crippen molar-refractivity contribution in [1.82, 2.24) is 0 Å². The zero-order valence-corrected chi connectivity index (χ0v) is 6.28. The normalized spacial score (nSPS) is 21.2. The minimum Gasteiger partial charge on any atom is -0.198 e. The van der Waals surface area contributed by atoms with Crippen LogP contribution < -0.4 is 0 Å². The van der Waals surface area contributed by atoms with Gasteiger partial charge in [-0.15, -0.1) is 0 Å². The zero-order valence-electron chi connectivity index (χ0n) is 5.47. The van der Waals surface area contributed by atoms with E-state index in [1.54, 1.807) is 0 Å². The van der Waals surface area contributed by atoms with E-state index in [9.17, 15) is 0 Å². The fraction of sp³-hybridized carbons (Fsp3) is 0.857. The van der Waals surface area contributed by atoms with Crippen molar-refractivity contribution in [3.05, 3.63) is 0 Å². The first kappa shape index (κ1) is 6.95. The number of rotatable bonds is 1. The number of hydrogen-bond acceptors (Lipinski definition) is 2. The molecule has 9 heavy (non-hydrogen) atoms. The molecule has 1 heterocycles. The van der Waals surface area contributed by atoms with Crippen LogP contribution in [0.25, 0.3) is 0 Å². The van der Waals surface area contributed by atoms with E-state index in [4.69, 9.17) is 5.26 Å². The third kappa shape index (κ3) is 2.28. The summed E-state index contributed by atoms with van der Waals surface area (Å²) in [4.78, 5) is 0. The van der Waals surface area contributed by atoms with E-state index in [1.165, 1.54) is 24.3 Å². The van der Waals surface area contributed by atoms with Crippen LogP contribution in [0.3, 0.4) is 0 Å². The Hall–Kier alpha value is -0.160. The second kappa shape index (κ2) is 3.79. The molecule has 1 saturated heterocycles. The first-order chi connectivity index (χ1) is 4.43. The quantitative estimate of drug-likeness (QED) is 0.558. The van der Waals surface area contributed by atoms with Gasteiger partial charge < -0.3 is 0 Å². The standard InChI is InChI=1S/C7H11NS/c8-4-1-7-2-5-9-6-3-7/h7H,1-3,5-6H2. The number of nitriles is 1. The molecule has 0 aromatic carbocycles. The summed E-state index contributed by atoms with van der Waals surface area (Å²) in [6.07, 6.45) is 3.30.